The summed E-state index contributed by atoms with van der Waals surface area (Å²) in [7, 11) is -2.15. The maximum atomic E-state index is 12.0. The smallest absolute Gasteiger partial charge is 0.285 e. The van der Waals surface area contributed by atoms with Crippen molar-refractivity contribution in [3.8, 4) is 5.75 Å². The molecule has 0 bridgehead atoms. The molecule has 6 heteroatoms. The van der Waals surface area contributed by atoms with Crippen molar-refractivity contribution in [3.05, 3.63) is 24.3 Å². The van der Waals surface area contributed by atoms with Crippen LogP contribution in [-0.4, -0.2) is 28.0 Å². The molecule has 2 rings (SSSR count). The van der Waals surface area contributed by atoms with Crippen molar-refractivity contribution in [1.82, 2.24) is 0 Å². The Labute approximate surface area is 106 Å². The number of ether oxygens (including phenoxy) is 2. The highest BCUT2D eigenvalue weighted by Gasteiger charge is 2.17. The van der Waals surface area contributed by atoms with Crippen LogP contribution < -0.4 is 4.74 Å². The number of nitrogens with zero attached hydrogens (tertiary/aromatic N) is 1. The maximum absolute atomic E-state index is 12.0. The zero-order chi connectivity index (χ0) is 13.0. The Morgan fingerprint density at radius 3 is 2.50 bits per heavy atom. The molecule has 0 saturated carbocycles. The fourth-order valence-electron chi connectivity index (χ4n) is 1.65. The summed E-state index contributed by atoms with van der Waals surface area (Å²) in [5.74, 6) is 0.910. The Morgan fingerprint density at radius 1 is 1.22 bits per heavy atom. The molecule has 1 fully saturated rings. The fraction of sp³-hybridized carbons (Fsp3) is 0.417. The van der Waals surface area contributed by atoms with Crippen molar-refractivity contribution in [2.75, 3.05) is 13.7 Å². The van der Waals surface area contributed by atoms with Crippen molar-refractivity contribution in [2.45, 2.75) is 24.2 Å². The molecule has 0 amide bonds. The molecule has 1 aromatic carbocycles. The van der Waals surface area contributed by atoms with Crippen LogP contribution in [0.1, 0.15) is 19.3 Å². The van der Waals surface area contributed by atoms with Crippen molar-refractivity contribution in [3.63, 3.8) is 0 Å². The first kappa shape index (κ1) is 12.9. The van der Waals surface area contributed by atoms with E-state index in [9.17, 15) is 8.42 Å². The van der Waals surface area contributed by atoms with Crippen molar-refractivity contribution < 1.29 is 17.9 Å². The lowest BCUT2D eigenvalue weighted by atomic mass is 10.2. The maximum Gasteiger partial charge on any atom is 0.285 e. The molecule has 0 radical (unpaired) electrons. The van der Waals surface area contributed by atoms with Gasteiger partial charge in [-0.25, -0.2) is 0 Å². The largest absolute Gasteiger partial charge is 0.497 e. The van der Waals surface area contributed by atoms with E-state index < -0.39 is 10.0 Å². The van der Waals surface area contributed by atoms with Gasteiger partial charge >= 0.3 is 0 Å². The highest BCUT2D eigenvalue weighted by Crippen LogP contribution is 2.19. The molecule has 1 heterocycles. The number of hydrogen-bond donors (Lipinski definition) is 0. The summed E-state index contributed by atoms with van der Waals surface area (Å²) in [5.41, 5.74) is 0. The standard InChI is InChI=1S/C12H15NO4S/c1-16-10-5-7-11(8-6-10)18(14,15)13-12-4-2-3-9-17-12/h5-8H,2-4,9H2,1H3. The second-order valence-corrected chi connectivity index (χ2v) is 5.55. The molecule has 0 N–H and O–H groups in total. The third kappa shape index (κ3) is 3.01. The quantitative estimate of drug-likeness (QED) is 0.841. The van der Waals surface area contributed by atoms with Crippen LogP contribution in [0.15, 0.2) is 33.6 Å². The van der Waals surface area contributed by atoms with Crippen LogP contribution in [0, 0.1) is 0 Å². The van der Waals surface area contributed by atoms with Gasteiger partial charge in [0.05, 0.1) is 18.6 Å². The van der Waals surface area contributed by atoms with Crippen molar-refractivity contribution >= 4 is 15.9 Å². The predicted molar refractivity (Wildman–Crippen MR) is 67.4 cm³/mol. The molecule has 98 valence electrons. The number of rotatable bonds is 3. The first-order chi connectivity index (χ1) is 8.62. The molecule has 1 aromatic rings. The first-order valence-corrected chi connectivity index (χ1v) is 7.16. The highest BCUT2D eigenvalue weighted by atomic mass is 32.2. The van der Waals surface area contributed by atoms with Gasteiger partial charge in [0.2, 0.25) is 0 Å². The molecule has 0 spiro atoms. The van der Waals surface area contributed by atoms with E-state index in [2.05, 4.69) is 4.40 Å². The van der Waals surface area contributed by atoms with Crippen molar-refractivity contribution in [2.24, 2.45) is 4.40 Å². The molecule has 0 unspecified atom stereocenters. The molecule has 0 aliphatic carbocycles. The van der Waals surface area contributed by atoms with E-state index in [0.717, 1.165) is 12.8 Å². The summed E-state index contributed by atoms with van der Waals surface area (Å²) in [6, 6.07) is 6.13. The van der Waals surface area contributed by atoms with Gasteiger partial charge in [0.25, 0.3) is 10.0 Å². The lowest BCUT2D eigenvalue weighted by Gasteiger charge is -2.14. The molecule has 18 heavy (non-hydrogen) atoms. The van der Waals surface area contributed by atoms with Crippen LogP contribution >= 0.6 is 0 Å². The monoisotopic (exact) mass is 269 g/mol. The number of hydrogen-bond acceptors (Lipinski definition) is 4. The number of methoxy groups -OCH3 is 1. The highest BCUT2D eigenvalue weighted by molar-refractivity contribution is 7.90. The van der Waals surface area contributed by atoms with Crippen LogP contribution in [0.3, 0.4) is 0 Å². The Bertz CT molecular complexity index is 526. The average Bonchev–Trinajstić information content (AvgIpc) is 2.39. The van der Waals surface area contributed by atoms with E-state index in [-0.39, 0.29) is 4.90 Å². The Kier molecular flexibility index (Phi) is 3.86. The lowest BCUT2D eigenvalue weighted by Crippen LogP contribution is -2.14. The molecule has 0 aromatic heterocycles. The van der Waals surface area contributed by atoms with Crippen molar-refractivity contribution in [1.29, 1.82) is 0 Å². The van der Waals surface area contributed by atoms with Gasteiger partial charge in [0, 0.05) is 6.42 Å². The lowest BCUT2D eigenvalue weighted by molar-refractivity contribution is 0.261. The summed E-state index contributed by atoms with van der Waals surface area (Å²) in [5, 5.41) is 0. The third-order valence-electron chi connectivity index (χ3n) is 2.63. The van der Waals surface area contributed by atoms with E-state index in [0.29, 0.717) is 24.7 Å². The van der Waals surface area contributed by atoms with E-state index in [1.165, 1.54) is 19.2 Å². The SMILES string of the molecule is COc1ccc(S(=O)(=O)N=C2CCCCO2)cc1. The molecule has 5 nitrogen and oxygen atoms in total. The molecule has 0 atom stereocenters. The van der Waals surface area contributed by atoms with E-state index in [1.807, 2.05) is 0 Å². The van der Waals surface area contributed by atoms with Gasteiger partial charge in [0.15, 0.2) is 5.90 Å². The second kappa shape index (κ2) is 5.39. The number of benzene rings is 1. The van der Waals surface area contributed by atoms with Crippen LogP contribution in [-0.2, 0) is 14.8 Å². The minimum Gasteiger partial charge on any atom is -0.497 e. The Morgan fingerprint density at radius 2 is 1.94 bits per heavy atom. The fourth-order valence-corrected chi connectivity index (χ4v) is 2.64. The third-order valence-corrected chi connectivity index (χ3v) is 3.94. The topological polar surface area (TPSA) is 65.0 Å². The summed E-state index contributed by atoms with van der Waals surface area (Å²) in [6.07, 6.45) is 2.44. The predicted octanol–water partition coefficient (Wildman–Crippen LogP) is 1.98. The van der Waals surface area contributed by atoms with Gasteiger partial charge in [0.1, 0.15) is 5.75 Å². The molecule has 1 aliphatic rings. The molecule has 1 saturated heterocycles. The zero-order valence-corrected chi connectivity index (χ0v) is 10.9. The van der Waals surface area contributed by atoms with Crippen LogP contribution in [0.25, 0.3) is 0 Å². The van der Waals surface area contributed by atoms with Gasteiger partial charge in [-0.3, -0.25) is 0 Å². The molecular formula is C12H15NO4S. The van der Waals surface area contributed by atoms with E-state index in [4.69, 9.17) is 9.47 Å². The first-order valence-electron chi connectivity index (χ1n) is 5.72. The number of sulfonamides is 1. The Hall–Kier alpha value is -1.56. The van der Waals surface area contributed by atoms with Crippen LogP contribution in [0.5, 0.6) is 5.75 Å². The van der Waals surface area contributed by atoms with E-state index in [1.54, 1.807) is 12.1 Å². The summed E-state index contributed by atoms with van der Waals surface area (Å²) >= 11 is 0. The minimum absolute atomic E-state index is 0.143. The zero-order valence-electron chi connectivity index (χ0n) is 10.1. The minimum atomic E-state index is -3.68. The normalized spacial score (nSPS) is 18.4. The van der Waals surface area contributed by atoms with E-state index >= 15 is 0 Å². The van der Waals surface area contributed by atoms with Gasteiger partial charge in [-0.15, -0.1) is 4.40 Å². The van der Waals surface area contributed by atoms with Gasteiger partial charge in [-0.05, 0) is 37.1 Å². The van der Waals surface area contributed by atoms with Gasteiger partial charge in [-0.2, -0.15) is 8.42 Å². The average molecular weight is 269 g/mol. The second-order valence-electron chi connectivity index (χ2n) is 3.94. The van der Waals surface area contributed by atoms with Crippen LogP contribution in [0.4, 0.5) is 0 Å². The summed E-state index contributed by atoms with van der Waals surface area (Å²) in [6.45, 7) is 0.539. The summed E-state index contributed by atoms with van der Waals surface area (Å²) in [4.78, 5) is 0.143. The van der Waals surface area contributed by atoms with Gasteiger partial charge in [-0.1, -0.05) is 0 Å². The Balaban J connectivity index is 2.24. The van der Waals surface area contributed by atoms with Gasteiger partial charge < -0.3 is 9.47 Å². The summed E-state index contributed by atoms with van der Waals surface area (Å²) < 4.78 is 37.9. The molecular weight excluding hydrogens is 254 g/mol. The molecule has 1 aliphatic heterocycles. The van der Waals surface area contributed by atoms with Crippen LogP contribution in [0.2, 0.25) is 0 Å².